The fourth-order valence-corrected chi connectivity index (χ4v) is 1.75. The van der Waals surface area contributed by atoms with Crippen LogP contribution in [0, 0.1) is 6.92 Å². The molecule has 0 fully saturated rings. The summed E-state index contributed by atoms with van der Waals surface area (Å²) in [7, 11) is 1.76. The summed E-state index contributed by atoms with van der Waals surface area (Å²) in [5.74, 6) is -0.0570. The average Bonchev–Trinajstić information content (AvgIpc) is 2.25. The molecule has 1 aromatic carbocycles. The van der Waals surface area contributed by atoms with E-state index in [0.29, 0.717) is 23.7 Å². The smallest absolute Gasteiger partial charge is 0.255 e. The van der Waals surface area contributed by atoms with Crippen LogP contribution in [0.5, 0.6) is 0 Å². The van der Waals surface area contributed by atoms with Crippen molar-refractivity contribution in [2.75, 3.05) is 20.1 Å². The Morgan fingerprint density at radius 2 is 2.19 bits per heavy atom. The van der Waals surface area contributed by atoms with Gasteiger partial charge >= 0.3 is 0 Å². The Morgan fingerprint density at radius 3 is 2.75 bits per heavy atom. The van der Waals surface area contributed by atoms with E-state index in [1.807, 2.05) is 13.0 Å². The molecule has 0 aliphatic carbocycles. The van der Waals surface area contributed by atoms with Gasteiger partial charge in [-0.2, -0.15) is 0 Å². The molecule has 1 rings (SSSR count). The minimum absolute atomic E-state index is 0.0570. The Morgan fingerprint density at radius 1 is 1.50 bits per heavy atom. The number of rotatable bonds is 4. The molecule has 88 valence electrons. The molecule has 0 radical (unpaired) electrons. The van der Waals surface area contributed by atoms with E-state index >= 15 is 0 Å². The van der Waals surface area contributed by atoms with Crippen LogP contribution in [-0.2, 0) is 0 Å². The highest BCUT2D eigenvalue weighted by molar-refractivity contribution is 6.33. The van der Waals surface area contributed by atoms with Crippen LogP contribution in [0.2, 0.25) is 5.02 Å². The van der Waals surface area contributed by atoms with Crippen molar-refractivity contribution in [2.24, 2.45) is 5.73 Å². The van der Waals surface area contributed by atoms with Gasteiger partial charge in [-0.25, -0.2) is 0 Å². The maximum atomic E-state index is 12.0. The van der Waals surface area contributed by atoms with Gasteiger partial charge in [0.2, 0.25) is 0 Å². The largest absolute Gasteiger partial charge is 0.342 e. The molecule has 0 spiro atoms. The van der Waals surface area contributed by atoms with E-state index in [0.717, 1.165) is 12.0 Å². The van der Waals surface area contributed by atoms with Crippen molar-refractivity contribution in [2.45, 2.75) is 13.3 Å². The van der Waals surface area contributed by atoms with Gasteiger partial charge < -0.3 is 10.6 Å². The van der Waals surface area contributed by atoms with Gasteiger partial charge in [0.25, 0.3) is 5.91 Å². The van der Waals surface area contributed by atoms with Crippen LogP contribution in [0.15, 0.2) is 18.2 Å². The van der Waals surface area contributed by atoms with E-state index < -0.39 is 0 Å². The van der Waals surface area contributed by atoms with Crippen LogP contribution >= 0.6 is 11.6 Å². The normalized spacial score (nSPS) is 10.2. The minimum atomic E-state index is -0.0570. The Hall–Kier alpha value is -1.06. The SMILES string of the molecule is Cc1ccc(C(=O)N(C)CCCN)c(Cl)c1. The Balaban J connectivity index is 2.79. The molecular formula is C12H17ClN2O. The standard InChI is InChI=1S/C12H17ClN2O/c1-9-4-5-10(11(13)8-9)12(16)15(2)7-3-6-14/h4-5,8H,3,6-7,14H2,1-2H3. The molecule has 3 nitrogen and oxygen atoms in total. The number of amides is 1. The van der Waals surface area contributed by atoms with Crippen molar-refractivity contribution < 1.29 is 4.79 Å². The third-order valence-corrected chi connectivity index (χ3v) is 2.71. The zero-order valence-corrected chi connectivity index (χ0v) is 10.4. The highest BCUT2D eigenvalue weighted by Crippen LogP contribution is 2.18. The van der Waals surface area contributed by atoms with Crippen molar-refractivity contribution in [1.82, 2.24) is 4.90 Å². The summed E-state index contributed by atoms with van der Waals surface area (Å²) >= 11 is 6.03. The molecule has 0 saturated carbocycles. The van der Waals surface area contributed by atoms with E-state index in [1.54, 1.807) is 24.1 Å². The quantitative estimate of drug-likeness (QED) is 0.876. The first-order chi connectivity index (χ1) is 7.56. The second kappa shape index (κ2) is 5.87. The zero-order chi connectivity index (χ0) is 12.1. The van der Waals surface area contributed by atoms with Gasteiger partial charge in [-0.15, -0.1) is 0 Å². The van der Waals surface area contributed by atoms with E-state index in [2.05, 4.69) is 0 Å². The number of nitrogens with two attached hydrogens (primary N) is 1. The molecular weight excluding hydrogens is 224 g/mol. The first kappa shape index (κ1) is 13.0. The molecule has 0 aliphatic heterocycles. The van der Waals surface area contributed by atoms with Crippen LogP contribution in [-0.4, -0.2) is 30.9 Å². The van der Waals surface area contributed by atoms with Gasteiger partial charge in [-0.3, -0.25) is 4.79 Å². The lowest BCUT2D eigenvalue weighted by Gasteiger charge is -2.17. The van der Waals surface area contributed by atoms with Gasteiger partial charge in [-0.05, 0) is 37.6 Å². The molecule has 0 atom stereocenters. The second-order valence-corrected chi connectivity index (χ2v) is 4.26. The maximum absolute atomic E-state index is 12.0. The van der Waals surface area contributed by atoms with E-state index in [9.17, 15) is 4.79 Å². The summed E-state index contributed by atoms with van der Waals surface area (Å²) in [5.41, 5.74) is 7.00. The van der Waals surface area contributed by atoms with Crippen molar-refractivity contribution in [3.05, 3.63) is 34.3 Å². The summed E-state index contributed by atoms with van der Waals surface area (Å²) in [6.07, 6.45) is 0.797. The number of nitrogens with zero attached hydrogens (tertiary/aromatic N) is 1. The molecule has 0 aliphatic rings. The first-order valence-electron chi connectivity index (χ1n) is 5.28. The molecule has 0 unspecified atom stereocenters. The molecule has 0 bridgehead atoms. The minimum Gasteiger partial charge on any atom is -0.342 e. The van der Waals surface area contributed by atoms with Crippen molar-refractivity contribution in [1.29, 1.82) is 0 Å². The topological polar surface area (TPSA) is 46.3 Å². The summed E-state index contributed by atoms with van der Waals surface area (Å²) in [6.45, 7) is 3.18. The average molecular weight is 241 g/mol. The predicted octanol–water partition coefficient (Wildman–Crippen LogP) is 2.07. The Bertz CT molecular complexity index is 379. The predicted molar refractivity (Wildman–Crippen MR) is 66.8 cm³/mol. The maximum Gasteiger partial charge on any atom is 0.255 e. The third kappa shape index (κ3) is 3.22. The van der Waals surface area contributed by atoms with Gasteiger partial charge in [0.1, 0.15) is 0 Å². The lowest BCUT2D eigenvalue weighted by Crippen LogP contribution is -2.29. The fraction of sp³-hybridized carbons (Fsp3) is 0.417. The third-order valence-electron chi connectivity index (χ3n) is 2.40. The fourth-order valence-electron chi connectivity index (χ4n) is 1.43. The highest BCUT2D eigenvalue weighted by atomic mass is 35.5. The number of halogens is 1. The highest BCUT2D eigenvalue weighted by Gasteiger charge is 2.14. The number of hydrogen-bond donors (Lipinski definition) is 1. The summed E-state index contributed by atoms with van der Waals surface area (Å²) in [4.78, 5) is 13.6. The Labute approximate surface area is 101 Å². The lowest BCUT2D eigenvalue weighted by molar-refractivity contribution is 0.0794. The van der Waals surface area contributed by atoms with Crippen molar-refractivity contribution in [3.8, 4) is 0 Å². The van der Waals surface area contributed by atoms with Crippen molar-refractivity contribution >= 4 is 17.5 Å². The van der Waals surface area contributed by atoms with Crippen LogP contribution in [0.25, 0.3) is 0 Å². The zero-order valence-electron chi connectivity index (χ0n) is 9.66. The number of aryl methyl sites for hydroxylation is 1. The second-order valence-electron chi connectivity index (χ2n) is 3.85. The summed E-state index contributed by atoms with van der Waals surface area (Å²) < 4.78 is 0. The van der Waals surface area contributed by atoms with Crippen molar-refractivity contribution in [3.63, 3.8) is 0 Å². The van der Waals surface area contributed by atoms with Gasteiger partial charge in [0.15, 0.2) is 0 Å². The van der Waals surface area contributed by atoms with E-state index in [1.165, 1.54) is 0 Å². The summed E-state index contributed by atoms with van der Waals surface area (Å²) in [5, 5.41) is 0.504. The van der Waals surface area contributed by atoms with Gasteiger partial charge in [-0.1, -0.05) is 17.7 Å². The molecule has 1 aromatic rings. The summed E-state index contributed by atoms with van der Waals surface area (Å²) in [6, 6.07) is 5.44. The molecule has 0 aromatic heterocycles. The van der Waals surface area contributed by atoms with Crippen LogP contribution in [0.4, 0.5) is 0 Å². The Kier molecular flexibility index (Phi) is 4.77. The molecule has 0 saturated heterocycles. The molecule has 1 amide bonds. The molecule has 16 heavy (non-hydrogen) atoms. The number of hydrogen-bond acceptors (Lipinski definition) is 2. The van der Waals surface area contributed by atoms with Gasteiger partial charge in [0.05, 0.1) is 10.6 Å². The van der Waals surface area contributed by atoms with Crippen LogP contribution < -0.4 is 5.73 Å². The molecule has 4 heteroatoms. The van der Waals surface area contributed by atoms with E-state index in [4.69, 9.17) is 17.3 Å². The van der Waals surface area contributed by atoms with E-state index in [-0.39, 0.29) is 5.91 Å². The molecule has 0 heterocycles. The van der Waals surface area contributed by atoms with Crippen LogP contribution in [0.3, 0.4) is 0 Å². The monoisotopic (exact) mass is 240 g/mol. The number of carbonyl (C=O) groups excluding carboxylic acids is 1. The number of carbonyl (C=O) groups is 1. The van der Waals surface area contributed by atoms with Crippen LogP contribution in [0.1, 0.15) is 22.3 Å². The number of benzene rings is 1. The lowest BCUT2D eigenvalue weighted by atomic mass is 10.1. The first-order valence-corrected chi connectivity index (χ1v) is 5.65. The van der Waals surface area contributed by atoms with Gasteiger partial charge in [0, 0.05) is 13.6 Å². The molecule has 2 N–H and O–H groups in total.